The van der Waals surface area contributed by atoms with E-state index in [9.17, 15) is 0 Å². The van der Waals surface area contributed by atoms with Crippen LogP contribution in [-0.4, -0.2) is 51.4 Å². The van der Waals surface area contributed by atoms with E-state index in [4.69, 9.17) is 0 Å². The number of likely N-dealkylation sites (tertiary alicyclic amines) is 1. The molecule has 2 atom stereocenters. The predicted molar refractivity (Wildman–Crippen MR) is 104 cm³/mol. The van der Waals surface area contributed by atoms with E-state index in [0.717, 1.165) is 18.0 Å². The minimum atomic E-state index is 0.933. The second-order valence-electron chi connectivity index (χ2n) is 8.88. The summed E-state index contributed by atoms with van der Waals surface area (Å²) in [5, 5.41) is 0. The zero-order chi connectivity index (χ0) is 17.1. The molecule has 25 heavy (non-hydrogen) atoms. The maximum Gasteiger partial charge on any atom is 0.0984 e. The zero-order valence-electron chi connectivity index (χ0n) is 16.1. The molecule has 1 aromatic rings. The monoisotopic (exact) mass is 343 g/mol. The van der Waals surface area contributed by atoms with Gasteiger partial charge in [-0.1, -0.05) is 31.5 Å². The van der Waals surface area contributed by atoms with Crippen molar-refractivity contribution in [1.29, 1.82) is 0 Å². The molecule has 3 fully saturated rings. The van der Waals surface area contributed by atoms with Crippen molar-refractivity contribution in [2.45, 2.75) is 57.5 Å². The third kappa shape index (κ3) is 4.20. The highest BCUT2D eigenvalue weighted by atomic mass is 15.3. The highest BCUT2D eigenvalue weighted by molar-refractivity contribution is 5.46. The normalized spacial score (nSPS) is 34.8. The van der Waals surface area contributed by atoms with Crippen molar-refractivity contribution in [1.82, 2.24) is 0 Å². The summed E-state index contributed by atoms with van der Waals surface area (Å²) >= 11 is 0. The molecule has 2 N–H and O–H groups in total. The lowest BCUT2D eigenvalue weighted by molar-refractivity contribution is -0.969. The Balaban J connectivity index is 1.24. The van der Waals surface area contributed by atoms with Gasteiger partial charge in [-0.2, -0.15) is 0 Å². The molecule has 0 bridgehead atoms. The Morgan fingerprint density at radius 3 is 2.16 bits per heavy atom. The molecular weight excluding hydrogens is 306 g/mol. The van der Waals surface area contributed by atoms with E-state index < -0.39 is 0 Å². The third-order valence-corrected chi connectivity index (χ3v) is 7.25. The number of benzene rings is 1. The summed E-state index contributed by atoms with van der Waals surface area (Å²) in [6.45, 7) is 10.5. The highest BCUT2D eigenvalue weighted by Gasteiger charge is 2.36. The minimum Gasteiger partial charge on any atom is -0.360 e. The van der Waals surface area contributed by atoms with E-state index in [1.165, 1.54) is 83.5 Å². The molecule has 2 aliphatic heterocycles. The van der Waals surface area contributed by atoms with Gasteiger partial charge in [-0.25, -0.2) is 0 Å². The van der Waals surface area contributed by atoms with Gasteiger partial charge in [-0.3, -0.25) is 0 Å². The summed E-state index contributed by atoms with van der Waals surface area (Å²) in [5.41, 5.74) is 1.41. The lowest BCUT2D eigenvalue weighted by atomic mass is 9.85. The lowest BCUT2D eigenvalue weighted by Gasteiger charge is -2.42. The van der Waals surface area contributed by atoms with Crippen LogP contribution in [0.15, 0.2) is 30.3 Å². The number of rotatable bonds is 3. The minimum absolute atomic E-state index is 0.933. The Hall–Kier alpha value is -1.06. The van der Waals surface area contributed by atoms with Gasteiger partial charge in [0.05, 0.1) is 51.4 Å². The molecule has 1 aromatic carbocycles. The first-order valence-corrected chi connectivity index (χ1v) is 10.8. The van der Waals surface area contributed by atoms with Gasteiger partial charge in [0, 0.05) is 24.9 Å². The number of quaternary nitrogens is 2. The molecule has 2 saturated heterocycles. The zero-order valence-corrected chi connectivity index (χ0v) is 16.1. The first kappa shape index (κ1) is 17.4. The molecule has 0 amide bonds. The fourth-order valence-corrected chi connectivity index (χ4v) is 5.71. The summed E-state index contributed by atoms with van der Waals surface area (Å²) in [6, 6.07) is 12.9. The third-order valence-electron chi connectivity index (χ3n) is 7.25. The molecule has 3 heteroatoms. The van der Waals surface area contributed by atoms with Crippen molar-refractivity contribution >= 4 is 5.69 Å². The SMILES string of the molecule is C[C@H]1CCC[C@H]([NH+]2CCC([NH+]3CCN(c4ccccc4)CC3)CC2)C1. The number of piperazine rings is 1. The summed E-state index contributed by atoms with van der Waals surface area (Å²) in [6.07, 6.45) is 8.85. The second-order valence-corrected chi connectivity index (χ2v) is 8.88. The van der Waals surface area contributed by atoms with Crippen LogP contribution in [0.4, 0.5) is 5.69 Å². The molecule has 138 valence electrons. The van der Waals surface area contributed by atoms with Crippen LogP contribution in [0.1, 0.15) is 45.4 Å². The van der Waals surface area contributed by atoms with Gasteiger partial charge >= 0.3 is 0 Å². The summed E-state index contributed by atoms with van der Waals surface area (Å²) in [5.74, 6) is 0.973. The number of nitrogens with zero attached hydrogens (tertiary/aromatic N) is 1. The van der Waals surface area contributed by atoms with Gasteiger partial charge in [0.2, 0.25) is 0 Å². The summed E-state index contributed by atoms with van der Waals surface area (Å²) in [4.78, 5) is 6.42. The van der Waals surface area contributed by atoms with Crippen LogP contribution in [0.3, 0.4) is 0 Å². The van der Waals surface area contributed by atoms with Gasteiger partial charge in [0.15, 0.2) is 0 Å². The molecular formula is C22H37N3+2. The van der Waals surface area contributed by atoms with E-state index in [1.54, 1.807) is 0 Å². The summed E-state index contributed by atoms with van der Waals surface area (Å²) in [7, 11) is 0. The first-order chi connectivity index (χ1) is 12.3. The van der Waals surface area contributed by atoms with Crippen molar-refractivity contribution in [2.24, 2.45) is 5.92 Å². The van der Waals surface area contributed by atoms with Crippen LogP contribution in [0.25, 0.3) is 0 Å². The molecule has 3 aliphatic rings. The van der Waals surface area contributed by atoms with Gasteiger partial charge in [-0.15, -0.1) is 0 Å². The number of nitrogens with one attached hydrogen (secondary N) is 2. The first-order valence-electron chi connectivity index (χ1n) is 10.8. The standard InChI is InChI=1S/C22H35N3/c1-19-6-5-9-22(18-19)23-12-10-21(11-13-23)25-16-14-24(15-17-25)20-7-3-2-4-8-20/h2-4,7-8,19,21-22H,5-6,9-18H2,1H3/p+2/t19-,22-/m0/s1. The van der Waals surface area contributed by atoms with Crippen LogP contribution in [0, 0.1) is 5.92 Å². The molecule has 0 aromatic heterocycles. The number of piperidine rings is 1. The van der Waals surface area contributed by atoms with Gasteiger partial charge in [0.1, 0.15) is 0 Å². The van der Waals surface area contributed by atoms with Crippen molar-refractivity contribution < 1.29 is 9.80 Å². The topological polar surface area (TPSA) is 12.1 Å². The number of hydrogen-bond acceptors (Lipinski definition) is 1. The molecule has 0 spiro atoms. The van der Waals surface area contributed by atoms with E-state index >= 15 is 0 Å². The Morgan fingerprint density at radius 1 is 0.800 bits per heavy atom. The maximum absolute atomic E-state index is 2.58. The number of hydrogen-bond donors (Lipinski definition) is 2. The Bertz CT molecular complexity index is 515. The highest BCUT2D eigenvalue weighted by Crippen LogP contribution is 2.22. The van der Waals surface area contributed by atoms with Crippen LogP contribution >= 0.6 is 0 Å². The smallest absolute Gasteiger partial charge is 0.0984 e. The molecule has 0 unspecified atom stereocenters. The van der Waals surface area contributed by atoms with Gasteiger partial charge in [-0.05, 0) is 30.9 Å². The fraction of sp³-hybridized carbons (Fsp3) is 0.727. The van der Waals surface area contributed by atoms with Crippen molar-refractivity contribution in [2.75, 3.05) is 44.2 Å². The average molecular weight is 344 g/mol. The second kappa shape index (κ2) is 8.09. The van der Waals surface area contributed by atoms with Gasteiger partial charge in [0.25, 0.3) is 0 Å². The molecule has 1 aliphatic carbocycles. The molecule has 2 heterocycles. The van der Waals surface area contributed by atoms with Crippen LogP contribution in [0.5, 0.6) is 0 Å². The average Bonchev–Trinajstić information content (AvgIpc) is 2.69. The van der Waals surface area contributed by atoms with Crippen LogP contribution in [0.2, 0.25) is 0 Å². The predicted octanol–water partition coefficient (Wildman–Crippen LogP) is 1.02. The number of para-hydroxylation sites is 1. The molecule has 3 nitrogen and oxygen atoms in total. The molecule has 4 rings (SSSR count). The Kier molecular flexibility index (Phi) is 5.62. The largest absolute Gasteiger partial charge is 0.360 e. The lowest BCUT2D eigenvalue weighted by Crippen LogP contribution is -3.23. The van der Waals surface area contributed by atoms with E-state index in [0.29, 0.717) is 0 Å². The van der Waals surface area contributed by atoms with Gasteiger partial charge < -0.3 is 14.7 Å². The van der Waals surface area contributed by atoms with Crippen LogP contribution in [-0.2, 0) is 0 Å². The molecule has 0 radical (unpaired) electrons. The quantitative estimate of drug-likeness (QED) is 0.835. The van der Waals surface area contributed by atoms with E-state index in [-0.39, 0.29) is 0 Å². The van der Waals surface area contributed by atoms with Crippen molar-refractivity contribution in [3.05, 3.63) is 30.3 Å². The van der Waals surface area contributed by atoms with E-state index in [2.05, 4.69) is 42.2 Å². The Labute approximate surface area is 154 Å². The van der Waals surface area contributed by atoms with Crippen molar-refractivity contribution in [3.8, 4) is 0 Å². The van der Waals surface area contributed by atoms with Crippen LogP contribution < -0.4 is 14.7 Å². The van der Waals surface area contributed by atoms with Crippen molar-refractivity contribution in [3.63, 3.8) is 0 Å². The van der Waals surface area contributed by atoms with E-state index in [1.807, 2.05) is 9.80 Å². The molecule has 1 saturated carbocycles. The maximum atomic E-state index is 2.58. The fourth-order valence-electron chi connectivity index (χ4n) is 5.71. The Morgan fingerprint density at radius 2 is 1.48 bits per heavy atom. The number of anilines is 1. The summed E-state index contributed by atoms with van der Waals surface area (Å²) < 4.78 is 0.